The van der Waals surface area contributed by atoms with Crippen LogP contribution in [0.5, 0.6) is 0 Å². The van der Waals surface area contributed by atoms with Crippen molar-refractivity contribution in [1.29, 1.82) is 0 Å². The van der Waals surface area contributed by atoms with Gasteiger partial charge in [0, 0.05) is 30.7 Å². The van der Waals surface area contributed by atoms with E-state index in [9.17, 15) is 0 Å². The first-order valence-electron chi connectivity index (χ1n) is 7.25. The number of aryl methyl sites for hydroxylation is 3. The van der Waals surface area contributed by atoms with E-state index in [-0.39, 0.29) is 0 Å². The van der Waals surface area contributed by atoms with Gasteiger partial charge in [-0.05, 0) is 37.8 Å². The Hall–Kier alpha value is -1.97. The zero-order chi connectivity index (χ0) is 14.2. The Balaban J connectivity index is 2.02. The highest BCUT2D eigenvalue weighted by Gasteiger charge is 2.05. The largest absolute Gasteiger partial charge is 0.370 e. The average Bonchev–Trinajstić information content (AvgIpc) is 2.48. The maximum atomic E-state index is 4.52. The van der Waals surface area contributed by atoms with Gasteiger partial charge in [0.15, 0.2) is 0 Å². The van der Waals surface area contributed by atoms with Gasteiger partial charge >= 0.3 is 0 Å². The molecule has 0 saturated carbocycles. The third kappa shape index (κ3) is 4.30. The van der Waals surface area contributed by atoms with Crippen molar-refractivity contribution < 1.29 is 0 Å². The van der Waals surface area contributed by atoms with Crippen LogP contribution in [-0.2, 0) is 12.8 Å². The molecule has 4 nitrogen and oxygen atoms in total. The van der Waals surface area contributed by atoms with Crippen LogP contribution in [0.15, 0.2) is 30.7 Å². The summed E-state index contributed by atoms with van der Waals surface area (Å²) in [5, 5.41) is 3.42. The molecule has 0 aliphatic carbocycles. The molecule has 0 bridgehead atoms. The van der Waals surface area contributed by atoms with Crippen LogP contribution in [0.2, 0.25) is 0 Å². The van der Waals surface area contributed by atoms with Gasteiger partial charge < -0.3 is 5.32 Å². The molecule has 0 saturated heterocycles. The second-order valence-electron chi connectivity index (χ2n) is 4.93. The molecular weight excluding hydrogens is 248 g/mol. The third-order valence-electron chi connectivity index (χ3n) is 3.21. The van der Waals surface area contributed by atoms with Crippen LogP contribution >= 0.6 is 0 Å². The average molecular weight is 270 g/mol. The first kappa shape index (κ1) is 14.4. The number of anilines is 1. The van der Waals surface area contributed by atoms with E-state index in [1.807, 2.05) is 25.4 Å². The first-order valence-corrected chi connectivity index (χ1v) is 7.25. The number of hydrogen-bond acceptors (Lipinski definition) is 4. The number of nitrogens with one attached hydrogen (secondary N) is 1. The summed E-state index contributed by atoms with van der Waals surface area (Å²) < 4.78 is 0. The summed E-state index contributed by atoms with van der Waals surface area (Å²) in [6.45, 7) is 5.08. The molecule has 0 unspecified atom stereocenters. The van der Waals surface area contributed by atoms with Gasteiger partial charge in [-0.3, -0.25) is 4.98 Å². The second kappa shape index (κ2) is 7.58. The number of unbranched alkanes of at least 4 members (excludes halogenated alkanes) is 1. The van der Waals surface area contributed by atoms with Crippen molar-refractivity contribution in [2.75, 3.05) is 11.9 Å². The maximum absolute atomic E-state index is 4.52. The lowest BCUT2D eigenvalue weighted by atomic mass is 10.1. The van der Waals surface area contributed by atoms with Gasteiger partial charge in [0.05, 0.1) is 0 Å². The van der Waals surface area contributed by atoms with Crippen LogP contribution in [0.4, 0.5) is 5.82 Å². The van der Waals surface area contributed by atoms with Crippen molar-refractivity contribution in [2.45, 2.75) is 39.5 Å². The molecule has 106 valence electrons. The van der Waals surface area contributed by atoms with Crippen molar-refractivity contribution in [1.82, 2.24) is 15.0 Å². The molecule has 2 aromatic rings. The Morgan fingerprint density at radius 2 is 2.10 bits per heavy atom. The maximum Gasteiger partial charge on any atom is 0.132 e. The standard InChI is InChI=1S/C16H22N4/c1-3-4-10-18-16-15(12-19-13(2)20-16)8-7-14-6-5-9-17-11-14/h5-6,9,11-12H,3-4,7-8,10H2,1-2H3,(H,18,19,20). The van der Waals surface area contributed by atoms with Gasteiger partial charge in [0.2, 0.25) is 0 Å². The molecule has 0 spiro atoms. The molecule has 2 heterocycles. The lowest BCUT2D eigenvalue weighted by Gasteiger charge is -2.11. The van der Waals surface area contributed by atoms with E-state index in [0.29, 0.717) is 0 Å². The molecule has 0 fully saturated rings. The molecule has 1 N–H and O–H groups in total. The van der Waals surface area contributed by atoms with Crippen molar-refractivity contribution >= 4 is 5.82 Å². The molecule has 20 heavy (non-hydrogen) atoms. The van der Waals surface area contributed by atoms with E-state index in [4.69, 9.17) is 0 Å². The quantitative estimate of drug-likeness (QED) is 0.785. The molecule has 2 aromatic heterocycles. The van der Waals surface area contributed by atoms with Gasteiger partial charge in [0.25, 0.3) is 0 Å². The lowest BCUT2D eigenvalue weighted by molar-refractivity contribution is 0.822. The molecule has 0 aliphatic rings. The van der Waals surface area contributed by atoms with Crippen LogP contribution in [0.1, 0.15) is 36.7 Å². The molecular formula is C16H22N4. The predicted octanol–water partition coefficient (Wildman–Crippen LogP) is 3.18. The van der Waals surface area contributed by atoms with Crippen LogP contribution in [0, 0.1) is 6.92 Å². The van der Waals surface area contributed by atoms with E-state index in [1.165, 1.54) is 17.5 Å². The van der Waals surface area contributed by atoms with Gasteiger partial charge in [-0.1, -0.05) is 19.4 Å². The fourth-order valence-corrected chi connectivity index (χ4v) is 2.04. The van der Waals surface area contributed by atoms with Gasteiger partial charge in [0.1, 0.15) is 11.6 Å². The minimum Gasteiger partial charge on any atom is -0.370 e. The summed E-state index contributed by atoms with van der Waals surface area (Å²) in [5.74, 6) is 1.80. The van der Waals surface area contributed by atoms with Crippen LogP contribution in [-0.4, -0.2) is 21.5 Å². The highest BCUT2D eigenvalue weighted by atomic mass is 15.0. The zero-order valence-corrected chi connectivity index (χ0v) is 12.3. The predicted molar refractivity (Wildman–Crippen MR) is 81.8 cm³/mol. The van der Waals surface area contributed by atoms with E-state index >= 15 is 0 Å². The Morgan fingerprint density at radius 1 is 1.20 bits per heavy atom. The zero-order valence-electron chi connectivity index (χ0n) is 12.3. The first-order chi connectivity index (χ1) is 9.79. The smallest absolute Gasteiger partial charge is 0.132 e. The van der Waals surface area contributed by atoms with Crippen molar-refractivity contribution in [3.05, 3.63) is 47.7 Å². The number of aromatic nitrogens is 3. The topological polar surface area (TPSA) is 50.7 Å². The van der Waals surface area contributed by atoms with Crippen molar-refractivity contribution in [3.63, 3.8) is 0 Å². The monoisotopic (exact) mass is 270 g/mol. The Labute approximate surface area is 120 Å². The molecule has 4 heteroatoms. The van der Waals surface area contributed by atoms with Crippen LogP contribution < -0.4 is 5.32 Å². The fraction of sp³-hybridized carbons (Fsp3) is 0.438. The van der Waals surface area contributed by atoms with E-state index < -0.39 is 0 Å². The van der Waals surface area contributed by atoms with Crippen molar-refractivity contribution in [3.8, 4) is 0 Å². The highest BCUT2D eigenvalue weighted by Crippen LogP contribution is 2.15. The fourth-order valence-electron chi connectivity index (χ4n) is 2.04. The Kier molecular flexibility index (Phi) is 5.47. The van der Waals surface area contributed by atoms with Crippen LogP contribution in [0.25, 0.3) is 0 Å². The molecule has 2 rings (SSSR count). The minimum atomic E-state index is 0.814. The number of pyridine rings is 1. The number of hydrogen-bond donors (Lipinski definition) is 1. The van der Waals surface area contributed by atoms with E-state index in [1.54, 1.807) is 6.20 Å². The summed E-state index contributed by atoms with van der Waals surface area (Å²) in [6, 6.07) is 4.08. The summed E-state index contributed by atoms with van der Waals surface area (Å²) in [5.41, 5.74) is 2.42. The number of rotatable bonds is 7. The van der Waals surface area contributed by atoms with E-state index in [2.05, 4.69) is 33.3 Å². The summed E-state index contributed by atoms with van der Waals surface area (Å²) in [4.78, 5) is 13.0. The van der Waals surface area contributed by atoms with Crippen molar-refractivity contribution in [2.24, 2.45) is 0 Å². The third-order valence-corrected chi connectivity index (χ3v) is 3.21. The Bertz CT molecular complexity index is 525. The minimum absolute atomic E-state index is 0.814. The summed E-state index contributed by atoms with van der Waals surface area (Å²) >= 11 is 0. The van der Waals surface area contributed by atoms with Gasteiger partial charge in [-0.2, -0.15) is 0 Å². The van der Waals surface area contributed by atoms with E-state index in [0.717, 1.165) is 37.4 Å². The summed E-state index contributed by atoms with van der Waals surface area (Å²) in [7, 11) is 0. The van der Waals surface area contributed by atoms with Crippen LogP contribution in [0.3, 0.4) is 0 Å². The van der Waals surface area contributed by atoms with Gasteiger partial charge in [-0.25, -0.2) is 9.97 Å². The number of nitrogens with zero attached hydrogens (tertiary/aromatic N) is 3. The molecule has 0 aromatic carbocycles. The normalized spacial score (nSPS) is 10.5. The Morgan fingerprint density at radius 3 is 2.85 bits per heavy atom. The second-order valence-corrected chi connectivity index (χ2v) is 4.93. The lowest BCUT2D eigenvalue weighted by Crippen LogP contribution is -2.08. The SMILES string of the molecule is CCCCNc1nc(C)ncc1CCc1cccnc1. The summed E-state index contributed by atoms with van der Waals surface area (Å²) in [6.07, 6.45) is 9.89. The molecule has 0 amide bonds. The van der Waals surface area contributed by atoms with Gasteiger partial charge in [-0.15, -0.1) is 0 Å². The molecule has 0 aliphatic heterocycles. The highest BCUT2D eigenvalue weighted by molar-refractivity contribution is 5.43. The molecule has 0 atom stereocenters. The molecule has 0 radical (unpaired) electrons.